The van der Waals surface area contributed by atoms with Gasteiger partial charge in [0.25, 0.3) is 5.56 Å². The van der Waals surface area contributed by atoms with Crippen LogP contribution in [-0.2, 0) is 0 Å². The molecule has 2 aromatic heterocycles. The fourth-order valence-corrected chi connectivity index (χ4v) is 4.20. The Morgan fingerprint density at radius 3 is 2.24 bits per heavy atom. The van der Waals surface area contributed by atoms with Crippen LogP contribution in [0.3, 0.4) is 0 Å². The highest BCUT2D eigenvalue weighted by Crippen LogP contribution is 2.34. The summed E-state index contributed by atoms with van der Waals surface area (Å²) in [5.74, 6) is 2.87. The van der Waals surface area contributed by atoms with Gasteiger partial charge in [0.05, 0.1) is 22.5 Å². The molecule has 2 heterocycles. The minimum absolute atomic E-state index is 0.189. The SMILES string of the molecule is Cc1nc2c(-c3ccccc3)c(-c3ccccc3)[nH]n2c(=O)c1-c1ccc(N)c(C#CS)c1. The number of hydrogen-bond donors (Lipinski definition) is 3. The van der Waals surface area contributed by atoms with Gasteiger partial charge < -0.3 is 5.73 Å². The summed E-state index contributed by atoms with van der Waals surface area (Å²) in [6, 6.07) is 25.3. The van der Waals surface area contributed by atoms with E-state index in [4.69, 9.17) is 10.7 Å². The second kappa shape index (κ2) is 8.38. The Hall–Kier alpha value is -4.21. The molecule has 3 aromatic carbocycles. The molecule has 6 heteroatoms. The second-order valence-electron chi connectivity index (χ2n) is 7.67. The van der Waals surface area contributed by atoms with Crippen molar-refractivity contribution < 1.29 is 0 Å². The van der Waals surface area contributed by atoms with Crippen LogP contribution in [0.1, 0.15) is 11.3 Å². The summed E-state index contributed by atoms with van der Waals surface area (Å²) in [5.41, 5.74) is 13.1. The number of H-pyrrole nitrogens is 1. The quantitative estimate of drug-likeness (QED) is 0.203. The van der Waals surface area contributed by atoms with Gasteiger partial charge in [-0.3, -0.25) is 9.89 Å². The first-order valence-corrected chi connectivity index (χ1v) is 10.8. The highest BCUT2D eigenvalue weighted by atomic mass is 32.1. The molecule has 0 unspecified atom stereocenters. The van der Waals surface area contributed by atoms with Crippen molar-refractivity contribution in [3.8, 4) is 44.7 Å². The van der Waals surface area contributed by atoms with Gasteiger partial charge >= 0.3 is 0 Å². The highest BCUT2D eigenvalue weighted by molar-refractivity contribution is 7.85. The topological polar surface area (TPSA) is 76.2 Å². The Labute approximate surface area is 196 Å². The van der Waals surface area contributed by atoms with Gasteiger partial charge in [0.15, 0.2) is 5.65 Å². The maximum absolute atomic E-state index is 13.7. The number of thiol groups is 1. The van der Waals surface area contributed by atoms with E-state index in [1.807, 2.05) is 73.7 Å². The van der Waals surface area contributed by atoms with Crippen molar-refractivity contribution in [3.63, 3.8) is 0 Å². The lowest BCUT2D eigenvalue weighted by Crippen LogP contribution is -2.19. The molecule has 3 N–H and O–H groups in total. The minimum atomic E-state index is -0.189. The van der Waals surface area contributed by atoms with Gasteiger partial charge in [-0.25, -0.2) is 4.98 Å². The molecule has 0 saturated carbocycles. The van der Waals surface area contributed by atoms with Crippen LogP contribution in [0.2, 0.25) is 0 Å². The molecule has 5 rings (SSSR count). The van der Waals surface area contributed by atoms with Crippen LogP contribution in [0.25, 0.3) is 39.2 Å². The summed E-state index contributed by atoms with van der Waals surface area (Å²) in [7, 11) is 0. The zero-order valence-corrected chi connectivity index (χ0v) is 18.7. The molecular formula is C27H20N4OS. The lowest BCUT2D eigenvalue weighted by atomic mass is 10.0. The van der Waals surface area contributed by atoms with E-state index in [9.17, 15) is 4.79 Å². The van der Waals surface area contributed by atoms with E-state index in [1.54, 1.807) is 12.1 Å². The molecule has 0 aliphatic rings. The van der Waals surface area contributed by atoms with Gasteiger partial charge in [-0.05, 0) is 35.4 Å². The summed E-state index contributed by atoms with van der Waals surface area (Å²) in [4.78, 5) is 18.6. The average Bonchev–Trinajstić information content (AvgIpc) is 3.22. The number of hydrogen-bond acceptors (Lipinski definition) is 4. The predicted octanol–water partition coefficient (Wildman–Crippen LogP) is 5.15. The zero-order chi connectivity index (χ0) is 22.9. The van der Waals surface area contributed by atoms with Gasteiger partial charge in [-0.2, -0.15) is 4.52 Å². The monoisotopic (exact) mass is 448 g/mol. The molecule has 160 valence electrons. The Bertz CT molecular complexity index is 1610. The number of aryl methyl sites for hydroxylation is 1. The normalized spacial score (nSPS) is 10.7. The highest BCUT2D eigenvalue weighted by Gasteiger charge is 2.21. The first kappa shape index (κ1) is 20.7. The predicted molar refractivity (Wildman–Crippen MR) is 137 cm³/mol. The summed E-state index contributed by atoms with van der Waals surface area (Å²) < 4.78 is 1.52. The molecular weight excluding hydrogens is 428 g/mol. The first-order chi connectivity index (χ1) is 16.1. The van der Waals surface area contributed by atoms with E-state index in [0.29, 0.717) is 33.7 Å². The van der Waals surface area contributed by atoms with Crippen molar-refractivity contribution in [2.45, 2.75) is 6.92 Å². The number of benzene rings is 3. The standard InChI is InChI=1S/C27H20N4OS/c1-17-23(21-12-13-22(28)20(16-21)14-15-33)27(32)31-26(29-17)24(18-8-4-2-5-9-18)25(30-31)19-10-6-3-7-11-19/h2-13,16,30,33H,28H2,1H3. The molecule has 5 aromatic rings. The minimum Gasteiger partial charge on any atom is -0.398 e. The van der Waals surface area contributed by atoms with Crippen LogP contribution in [-0.4, -0.2) is 14.6 Å². The lowest BCUT2D eigenvalue weighted by molar-refractivity contribution is 0.897. The van der Waals surface area contributed by atoms with Crippen LogP contribution in [0, 0.1) is 18.1 Å². The number of nitrogen functional groups attached to an aromatic ring is 1. The van der Waals surface area contributed by atoms with Crippen LogP contribution in [0.5, 0.6) is 0 Å². The molecule has 0 aliphatic carbocycles. The van der Waals surface area contributed by atoms with Crippen molar-refractivity contribution in [3.05, 3.63) is 100 Å². The van der Waals surface area contributed by atoms with E-state index < -0.39 is 0 Å². The van der Waals surface area contributed by atoms with Crippen LogP contribution >= 0.6 is 12.6 Å². The second-order valence-corrected chi connectivity index (χ2v) is 7.89. The number of anilines is 1. The van der Waals surface area contributed by atoms with E-state index in [0.717, 1.165) is 22.4 Å². The zero-order valence-electron chi connectivity index (χ0n) is 17.8. The Kier molecular flexibility index (Phi) is 5.25. The summed E-state index contributed by atoms with van der Waals surface area (Å²) >= 11 is 3.97. The van der Waals surface area contributed by atoms with Crippen LogP contribution in [0.4, 0.5) is 5.69 Å². The van der Waals surface area contributed by atoms with Crippen molar-refractivity contribution in [2.75, 3.05) is 5.73 Å². The molecule has 0 atom stereocenters. The van der Waals surface area contributed by atoms with Crippen molar-refractivity contribution in [1.29, 1.82) is 0 Å². The lowest BCUT2D eigenvalue weighted by Gasteiger charge is -2.08. The molecule has 0 amide bonds. The molecule has 33 heavy (non-hydrogen) atoms. The van der Waals surface area contributed by atoms with Crippen molar-refractivity contribution in [2.24, 2.45) is 0 Å². The first-order valence-electron chi connectivity index (χ1n) is 10.4. The summed E-state index contributed by atoms with van der Waals surface area (Å²) in [5, 5.41) is 5.88. The van der Waals surface area contributed by atoms with Gasteiger partial charge in [0, 0.05) is 16.8 Å². The fraction of sp³-hybridized carbons (Fsp3) is 0.0370. The van der Waals surface area contributed by atoms with Gasteiger partial charge in [0.2, 0.25) is 0 Å². The number of nitrogens with two attached hydrogens (primary N) is 1. The molecule has 0 saturated heterocycles. The Balaban J connectivity index is 1.83. The molecule has 0 bridgehead atoms. The molecule has 0 radical (unpaired) electrons. The van der Waals surface area contributed by atoms with Gasteiger partial charge in [-0.15, -0.1) is 0 Å². The summed E-state index contributed by atoms with van der Waals surface area (Å²) in [6.07, 6.45) is 0. The third-order valence-corrected chi connectivity index (χ3v) is 5.73. The van der Waals surface area contributed by atoms with Crippen molar-refractivity contribution in [1.82, 2.24) is 14.6 Å². The number of nitrogens with one attached hydrogen (secondary N) is 1. The molecule has 0 aliphatic heterocycles. The van der Waals surface area contributed by atoms with Crippen molar-refractivity contribution >= 4 is 24.0 Å². The molecule has 5 nitrogen and oxygen atoms in total. The number of nitrogens with zero attached hydrogens (tertiary/aromatic N) is 2. The third-order valence-electron chi connectivity index (χ3n) is 5.62. The Morgan fingerprint density at radius 1 is 0.909 bits per heavy atom. The Morgan fingerprint density at radius 2 is 1.58 bits per heavy atom. The third kappa shape index (κ3) is 3.59. The van der Waals surface area contributed by atoms with E-state index in [1.165, 1.54) is 4.52 Å². The smallest absolute Gasteiger partial charge is 0.280 e. The average molecular weight is 449 g/mol. The summed E-state index contributed by atoms with van der Waals surface area (Å²) in [6.45, 7) is 1.85. The van der Waals surface area contributed by atoms with E-state index >= 15 is 0 Å². The molecule has 0 spiro atoms. The van der Waals surface area contributed by atoms with Gasteiger partial charge in [-0.1, -0.05) is 85.3 Å². The van der Waals surface area contributed by atoms with Crippen LogP contribution in [0.15, 0.2) is 83.7 Å². The number of aromatic nitrogens is 3. The number of aromatic amines is 1. The molecule has 0 fully saturated rings. The van der Waals surface area contributed by atoms with Crippen LogP contribution < -0.4 is 11.3 Å². The number of fused-ring (bicyclic) bond motifs is 1. The number of rotatable bonds is 3. The van der Waals surface area contributed by atoms with E-state index in [-0.39, 0.29) is 5.56 Å². The maximum Gasteiger partial charge on any atom is 0.280 e. The van der Waals surface area contributed by atoms with Gasteiger partial charge in [0.1, 0.15) is 0 Å². The fourth-order valence-electron chi connectivity index (χ4n) is 4.08. The maximum atomic E-state index is 13.7. The largest absolute Gasteiger partial charge is 0.398 e. The van der Waals surface area contributed by atoms with E-state index in [2.05, 4.69) is 28.9 Å².